The van der Waals surface area contributed by atoms with Crippen molar-refractivity contribution in [3.63, 3.8) is 0 Å². The van der Waals surface area contributed by atoms with Gasteiger partial charge in [-0.15, -0.1) is 0 Å². The van der Waals surface area contributed by atoms with E-state index in [4.69, 9.17) is 11.6 Å². The Morgan fingerprint density at radius 2 is 2.00 bits per heavy atom. The summed E-state index contributed by atoms with van der Waals surface area (Å²) >= 11 is 0. The second-order valence-electron chi connectivity index (χ2n) is 5.35. The Morgan fingerprint density at radius 1 is 1.39 bits per heavy atom. The number of amides is 1. The molecule has 0 fully saturated rings. The van der Waals surface area contributed by atoms with E-state index >= 15 is 0 Å². The van der Waals surface area contributed by atoms with Gasteiger partial charge in [0.05, 0.1) is 6.42 Å². The van der Waals surface area contributed by atoms with Crippen LogP contribution in [0.5, 0.6) is 5.75 Å². The van der Waals surface area contributed by atoms with Crippen molar-refractivity contribution in [2.45, 2.75) is 39.2 Å². The molecule has 0 spiro atoms. The largest absolute Gasteiger partial charge is 0.507 e. The smallest absolute Gasteiger partial charge is 0.238 e. The van der Waals surface area contributed by atoms with Crippen LogP contribution >= 0.6 is 0 Å². The van der Waals surface area contributed by atoms with E-state index in [0.29, 0.717) is 12.1 Å². The van der Waals surface area contributed by atoms with Crippen LogP contribution in [-0.2, 0) is 23.2 Å². The van der Waals surface area contributed by atoms with E-state index in [1.54, 1.807) is 6.07 Å². The number of phenolic OH excluding ortho intramolecular Hbond substituents is 1. The average molecular weight is 251 g/mol. The van der Waals surface area contributed by atoms with Crippen molar-refractivity contribution in [2.24, 2.45) is 11.6 Å². The highest BCUT2D eigenvalue weighted by Gasteiger charge is 2.21. The predicted octanol–water partition coefficient (Wildman–Crippen LogP) is 0.681. The maximum absolute atomic E-state index is 11.3. The van der Waals surface area contributed by atoms with Gasteiger partial charge in [0.1, 0.15) is 5.75 Å². The number of hydrogen-bond donors (Lipinski definition) is 4. The SMILES string of the molecule is CC(C)(C)c1cc(CN)cc(CC(=O)NN)c1O. The van der Waals surface area contributed by atoms with Crippen molar-refractivity contribution in [1.29, 1.82) is 0 Å². The molecule has 0 aliphatic heterocycles. The number of nitrogens with one attached hydrogen (secondary N) is 1. The lowest BCUT2D eigenvalue weighted by molar-refractivity contribution is -0.120. The Morgan fingerprint density at radius 3 is 2.44 bits per heavy atom. The van der Waals surface area contributed by atoms with E-state index in [9.17, 15) is 9.90 Å². The van der Waals surface area contributed by atoms with Gasteiger partial charge >= 0.3 is 0 Å². The number of carbonyl (C=O) groups excluding carboxylic acids is 1. The number of nitrogens with two attached hydrogens (primary N) is 2. The van der Waals surface area contributed by atoms with Crippen LogP contribution in [0.2, 0.25) is 0 Å². The molecule has 0 atom stereocenters. The number of phenols is 1. The summed E-state index contributed by atoms with van der Waals surface area (Å²) in [6, 6.07) is 3.61. The molecule has 0 bridgehead atoms. The molecule has 1 rings (SSSR count). The van der Waals surface area contributed by atoms with Gasteiger partial charge < -0.3 is 10.8 Å². The van der Waals surface area contributed by atoms with Crippen LogP contribution in [0.1, 0.15) is 37.5 Å². The molecule has 5 heteroatoms. The first kappa shape index (κ1) is 14.5. The van der Waals surface area contributed by atoms with Crippen LogP contribution in [0.4, 0.5) is 0 Å². The molecule has 0 saturated carbocycles. The number of carbonyl (C=O) groups is 1. The summed E-state index contributed by atoms with van der Waals surface area (Å²) in [6.45, 7) is 6.35. The lowest BCUT2D eigenvalue weighted by Crippen LogP contribution is -2.31. The summed E-state index contributed by atoms with van der Waals surface area (Å²) in [5.41, 5.74) is 9.69. The Kier molecular flexibility index (Phi) is 4.32. The van der Waals surface area contributed by atoms with Crippen LogP contribution in [-0.4, -0.2) is 11.0 Å². The fraction of sp³-hybridized carbons (Fsp3) is 0.462. The first-order valence-electron chi connectivity index (χ1n) is 5.84. The van der Waals surface area contributed by atoms with Gasteiger partial charge in [0.15, 0.2) is 0 Å². The molecule has 5 nitrogen and oxygen atoms in total. The van der Waals surface area contributed by atoms with Crippen molar-refractivity contribution in [1.82, 2.24) is 5.43 Å². The summed E-state index contributed by atoms with van der Waals surface area (Å²) in [5.74, 6) is 4.85. The Bertz CT molecular complexity index is 450. The van der Waals surface area contributed by atoms with Crippen LogP contribution < -0.4 is 17.0 Å². The maximum Gasteiger partial charge on any atom is 0.238 e. The highest BCUT2D eigenvalue weighted by molar-refractivity contribution is 5.79. The molecule has 6 N–H and O–H groups in total. The topological polar surface area (TPSA) is 101 Å². The van der Waals surface area contributed by atoms with E-state index < -0.39 is 0 Å². The number of hydrogen-bond acceptors (Lipinski definition) is 4. The molecule has 0 radical (unpaired) electrons. The number of hydrazine groups is 1. The molecule has 100 valence electrons. The summed E-state index contributed by atoms with van der Waals surface area (Å²) in [7, 11) is 0. The minimum Gasteiger partial charge on any atom is -0.507 e. The lowest BCUT2D eigenvalue weighted by Gasteiger charge is -2.23. The maximum atomic E-state index is 11.3. The summed E-state index contributed by atoms with van der Waals surface area (Å²) in [6.07, 6.45) is 0.0409. The molecular formula is C13H21N3O2. The van der Waals surface area contributed by atoms with Crippen LogP contribution in [0.3, 0.4) is 0 Å². The van der Waals surface area contributed by atoms with Crippen LogP contribution in [0, 0.1) is 0 Å². The van der Waals surface area contributed by atoms with Gasteiger partial charge in [0.2, 0.25) is 5.91 Å². The fourth-order valence-electron chi connectivity index (χ4n) is 1.81. The molecule has 18 heavy (non-hydrogen) atoms. The first-order chi connectivity index (χ1) is 8.29. The minimum atomic E-state index is -0.348. The number of rotatable bonds is 3. The summed E-state index contributed by atoms with van der Waals surface area (Å²) < 4.78 is 0. The zero-order valence-corrected chi connectivity index (χ0v) is 11.1. The van der Waals surface area contributed by atoms with E-state index in [-0.39, 0.29) is 23.5 Å². The van der Waals surface area contributed by atoms with Gasteiger partial charge in [0, 0.05) is 12.1 Å². The van der Waals surface area contributed by atoms with Crippen molar-refractivity contribution < 1.29 is 9.90 Å². The van der Waals surface area contributed by atoms with Gasteiger partial charge in [-0.1, -0.05) is 32.9 Å². The molecule has 0 saturated heterocycles. The zero-order valence-electron chi connectivity index (χ0n) is 11.1. The van der Waals surface area contributed by atoms with Gasteiger partial charge in [-0.3, -0.25) is 10.2 Å². The standard InChI is InChI=1S/C13H21N3O2/c1-13(2,3)10-5-8(7-14)4-9(12(10)18)6-11(17)16-15/h4-5,18H,6-7,14-15H2,1-3H3,(H,16,17). The highest BCUT2D eigenvalue weighted by atomic mass is 16.3. The number of benzene rings is 1. The summed E-state index contributed by atoms with van der Waals surface area (Å²) in [5, 5.41) is 10.2. The second-order valence-corrected chi connectivity index (χ2v) is 5.35. The Hall–Kier alpha value is -1.59. The van der Waals surface area contributed by atoms with E-state index in [0.717, 1.165) is 11.1 Å². The van der Waals surface area contributed by atoms with Crippen molar-refractivity contribution in [3.8, 4) is 5.75 Å². The Balaban J connectivity index is 3.29. The molecule has 0 heterocycles. The van der Waals surface area contributed by atoms with Gasteiger partial charge in [-0.25, -0.2) is 5.84 Å². The normalized spacial score (nSPS) is 11.4. The van der Waals surface area contributed by atoms with Gasteiger partial charge in [-0.05, 0) is 16.5 Å². The lowest BCUT2D eigenvalue weighted by atomic mass is 9.83. The third kappa shape index (κ3) is 3.21. The van der Waals surface area contributed by atoms with Crippen molar-refractivity contribution in [3.05, 3.63) is 28.8 Å². The quantitative estimate of drug-likeness (QED) is 0.360. The monoisotopic (exact) mass is 251 g/mol. The second kappa shape index (κ2) is 5.37. The van der Waals surface area contributed by atoms with Gasteiger partial charge in [-0.2, -0.15) is 0 Å². The number of aromatic hydroxyl groups is 1. The first-order valence-corrected chi connectivity index (χ1v) is 5.84. The average Bonchev–Trinajstić information content (AvgIpc) is 2.29. The molecule has 0 aromatic heterocycles. The zero-order chi connectivity index (χ0) is 13.9. The fourth-order valence-corrected chi connectivity index (χ4v) is 1.81. The molecule has 1 aromatic rings. The molecule has 0 unspecified atom stereocenters. The third-order valence-electron chi connectivity index (χ3n) is 2.80. The molecular weight excluding hydrogens is 230 g/mol. The van der Waals surface area contributed by atoms with Crippen molar-refractivity contribution >= 4 is 5.91 Å². The van der Waals surface area contributed by atoms with E-state index in [2.05, 4.69) is 5.43 Å². The summed E-state index contributed by atoms with van der Waals surface area (Å²) in [4.78, 5) is 11.3. The van der Waals surface area contributed by atoms with Crippen LogP contribution in [0.25, 0.3) is 0 Å². The molecule has 0 aliphatic rings. The van der Waals surface area contributed by atoms with Crippen molar-refractivity contribution in [2.75, 3.05) is 0 Å². The van der Waals surface area contributed by atoms with E-state index in [1.807, 2.05) is 26.8 Å². The predicted molar refractivity (Wildman–Crippen MR) is 70.7 cm³/mol. The highest BCUT2D eigenvalue weighted by Crippen LogP contribution is 2.34. The minimum absolute atomic E-state index is 0.0409. The van der Waals surface area contributed by atoms with Crippen LogP contribution in [0.15, 0.2) is 12.1 Å². The third-order valence-corrected chi connectivity index (χ3v) is 2.80. The van der Waals surface area contributed by atoms with E-state index in [1.165, 1.54) is 0 Å². The molecule has 1 amide bonds. The molecule has 1 aromatic carbocycles. The van der Waals surface area contributed by atoms with Gasteiger partial charge in [0.25, 0.3) is 0 Å². The molecule has 0 aliphatic carbocycles. The Labute approximate surface area is 107 Å².